The second-order valence-corrected chi connectivity index (χ2v) is 9.18. The number of rotatable bonds is 7. The Bertz CT molecular complexity index is 1130. The van der Waals surface area contributed by atoms with E-state index in [1.54, 1.807) is 28.9 Å². The minimum Gasteiger partial charge on any atom is -0.463 e. The Morgan fingerprint density at radius 1 is 1.14 bits per heavy atom. The molecule has 4 rings (SSSR count). The van der Waals surface area contributed by atoms with Gasteiger partial charge in [-0.3, -0.25) is 14.6 Å². The molecule has 9 nitrogen and oxygen atoms in total. The summed E-state index contributed by atoms with van der Waals surface area (Å²) in [4.78, 5) is 44.8. The molecule has 3 heterocycles. The summed E-state index contributed by atoms with van der Waals surface area (Å²) in [5, 5.41) is 3.00. The fraction of sp³-hybridized carbons (Fsp3) is 0.444. The summed E-state index contributed by atoms with van der Waals surface area (Å²) in [5.41, 5.74) is 3.01. The third-order valence-corrected chi connectivity index (χ3v) is 6.74. The number of carbonyl (C=O) groups excluding carboxylic acids is 3. The number of hydrogen-bond acceptors (Lipinski definition) is 6. The average molecular weight is 495 g/mol. The van der Waals surface area contributed by atoms with Crippen LogP contribution in [-0.2, 0) is 9.53 Å². The van der Waals surface area contributed by atoms with E-state index in [2.05, 4.69) is 10.2 Å². The summed E-state index contributed by atoms with van der Waals surface area (Å²) in [6, 6.07) is 10.3. The molecule has 2 unspecified atom stereocenters. The molecule has 1 fully saturated rings. The zero-order valence-electron chi connectivity index (χ0n) is 21.3. The van der Waals surface area contributed by atoms with Gasteiger partial charge in [-0.15, -0.1) is 0 Å². The van der Waals surface area contributed by atoms with Gasteiger partial charge in [-0.25, -0.2) is 9.59 Å². The number of carbonyl (C=O) groups is 3. The summed E-state index contributed by atoms with van der Waals surface area (Å²) in [6.45, 7) is 10.4. The molecular formula is C27H34N4O5. The number of nitrogens with zero attached hydrogens (tertiary/aromatic N) is 3. The predicted molar refractivity (Wildman–Crippen MR) is 134 cm³/mol. The Morgan fingerprint density at radius 3 is 2.50 bits per heavy atom. The van der Waals surface area contributed by atoms with Crippen LogP contribution in [-0.4, -0.2) is 78.0 Å². The fourth-order valence-electron chi connectivity index (χ4n) is 4.90. The van der Waals surface area contributed by atoms with Gasteiger partial charge in [0.2, 0.25) is 0 Å². The van der Waals surface area contributed by atoms with Crippen molar-refractivity contribution >= 4 is 17.9 Å². The van der Waals surface area contributed by atoms with Crippen LogP contribution in [0.2, 0.25) is 0 Å². The molecule has 9 heteroatoms. The molecule has 2 atom stereocenters. The zero-order valence-corrected chi connectivity index (χ0v) is 21.3. The first kappa shape index (κ1) is 25.5. The van der Waals surface area contributed by atoms with Gasteiger partial charge in [0.15, 0.2) is 5.76 Å². The van der Waals surface area contributed by atoms with Crippen molar-refractivity contribution in [1.82, 2.24) is 20.0 Å². The molecule has 1 N–H and O–H groups in total. The summed E-state index contributed by atoms with van der Waals surface area (Å²) >= 11 is 0. The molecule has 2 aliphatic heterocycles. The lowest BCUT2D eigenvalue weighted by molar-refractivity contribution is -0.139. The van der Waals surface area contributed by atoms with Crippen LogP contribution >= 0.6 is 0 Å². The predicted octanol–water partition coefficient (Wildman–Crippen LogP) is 3.34. The van der Waals surface area contributed by atoms with E-state index in [0.717, 1.165) is 11.1 Å². The molecule has 0 bridgehead atoms. The maximum Gasteiger partial charge on any atom is 0.338 e. The summed E-state index contributed by atoms with van der Waals surface area (Å²) < 4.78 is 10.8. The number of nitrogens with one attached hydrogen (secondary N) is 1. The van der Waals surface area contributed by atoms with E-state index < -0.39 is 12.0 Å². The quantitative estimate of drug-likeness (QED) is 0.594. The van der Waals surface area contributed by atoms with Crippen LogP contribution in [0.3, 0.4) is 0 Å². The minimum atomic E-state index is -0.603. The van der Waals surface area contributed by atoms with Gasteiger partial charge >= 0.3 is 12.0 Å². The Balaban J connectivity index is 1.64. The Labute approximate surface area is 211 Å². The van der Waals surface area contributed by atoms with Crippen LogP contribution in [0.15, 0.2) is 58.3 Å². The first-order chi connectivity index (χ1) is 17.3. The molecule has 2 aromatic rings. The number of aryl methyl sites for hydroxylation is 1. The van der Waals surface area contributed by atoms with Crippen LogP contribution in [0, 0.1) is 6.92 Å². The number of urea groups is 1. The van der Waals surface area contributed by atoms with Crippen molar-refractivity contribution in [2.24, 2.45) is 0 Å². The van der Waals surface area contributed by atoms with Crippen molar-refractivity contribution in [3.05, 3.63) is 70.8 Å². The maximum atomic E-state index is 13.3. The van der Waals surface area contributed by atoms with Crippen molar-refractivity contribution in [3.8, 4) is 0 Å². The van der Waals surface area contributed by atoms with Crippen molar-refractivity contribution in [3.63, 3.8) is 0 Å². The topological polar surface area (TPSA) is 95.3 Å². The van der Waals surface area contributed by atoms with Crippen molar-refractivity contribution in [2.75, 3.05) is 39.3 Å². The third kappa shape index (κ3) is 5.16. The van der Waals surface area contributed by atoms with Gasteiger partial charge in [-0.1, -0.05) is 29.8 Å². The molecule has 1 saturated heterocycles. The minimum absolute atomic E-state index is 0.0663. The lowest BCUT2D eigenvalue weighted by Gasteiger charge is -2.42. The molecule has 192 valence electrons. The van der Waals surface area contributed by atoms with Crippen LogP contribution in [0.4, 0.5) is 4.79 Å². The molecule has 0 saturated carbocycles. The third-order valence-electron chi connectivity index (χ3n) is 6.74. The van der Waals surface area contributed by atoms with Crippen molar-refractivity contribution in [2.45, 2.75) is 39.8 Å². The van der Waals surface area contributed by atoms with E-state index in [-0.39, 0.29) is 24.6 Å². The van der Waals surface area contributed by atoms with Gasteiger partial charge in [-0.05, 0) is 45.4 Å². The molecular weight excluding hydrogens is 460 g/mol. The van der Waals surface area contributed by atoms with Crippen LogP contribution < -0.4 is 5.32 Å². The number of furan rings is 1. The Morgan fingerprint density at radius 2 is 1.89 bits per heavy atom. The van der Waals surface area contributed by atoms with E-state index in [4.69, 9.17) is 9.15 Å². The second-order valence-electron chi connectivity index (χ2n) is 9.18. The summed E-state index contributed by atoms with van der Waals surface area (Å²) in [5.74, 6) is -0.244. The number of esters is 1. The fourth-order valence-corrected chi connectivity index (χ4v) is 4.90. The summed E-state index contributed by atoms with van der Waals surface area (Å²) in [7, 11) is 0. The molecule has 0 spiro atoms. The smallest absolute Gasteiger partial charge is 0.338 e. The standard InChI is InChI=1S/C27H34N4O5/c1-5-30-21(17-29-13-14-31(19(4)16-29)25(32)22-8-7-15-36-22)23(26(33)35-6-2)24(28-27(30)34)20-11-9-18(3)10-12-20/h7-12,15,19,24H,5-6,13-14,16-17H2,1-4H3,(H,28,34). The molecule has 1 aromatic carbocycles. The van der Waals surface area contributed by atoms with E-state index in [1.165, 1.54) is 6.26 Å². The van der Waals surface area contributed by atoms with Crippen LogP contribution in [0.5, 0.6) is 0 Å². The lowest BCUT2D eigenvalue weighted by Crippen LogP contribution is -2.56. The highest BCUT2D eigenvalue weighted by Crippen LogP contribution is 2.32. The number of piperazine rings is 1. The molecule has 1 aromatic heterocycles. The number of amides is 3. The van der Waals surface area contributed by atoms with Crippen molar-refractivity contribution in [1.29, 1.82) is 0 Å². The van der Waals surface area contributed by atoms with Gasteiger partial charge in [0.1, 0.15) is 0 Å². The number of likely N-dealkylation sites (N-methyl/N-ethyl adjacent to an activating group) is 1. The van der Waals surface area contributed by atoms with Gasteiger partial charge in [0.25, 0.3) is 5.91 Å². The molecule has 36 heavy (non-hydrogen) atoms. The number of ether oxygens (including phenoxy) is 1. The number of hydrogen-bond donors (Lipinski definition) is 1. The van der Waals surface area contributed by atoms with E-state index >= 15 is 0 Å². The first-order valence-electron chi connectivity index (χ1n) is 12.5. The van der Waals surface area contributed by atoms with E-state index in [9.17, 15) is 14.4 Å². The Kier molecular flexibility index (Phi) is 7.79. The lowest BCUT2D eigenvalue weighted by atomic mass is 9.93. The highest BCUT2D eigenvalue weighted by atomic mass is 16.5. The largest absolute Gasteiger partial charge is 0.463 e. The number of benzene rings is 1. The highest BCUT2D eigenvalue weighted by Gasteiger charge is 2.39. The highest BCUT2D eigenvalue weighted by molar-refractivity contribution is 5.95. The van der Waals surface area contributed by atoms with E-state index in [0.29, 0.717) is 49.8 Å². The molecule has 2 aliphatic rings. The van der Waals surface area contributed by atoms with Crippen LogP contribution in [0.1, 0.15) is 48.5 Å². The molecule has 0 radical (unpaired) electrons. The second kappa shape index (κ2) is 11.0. The van der Waals surface area contributed by atoms with Gasteiger partial charge in [0.05, 0.1) is 24.5 Å². The molecule has 3 amide bonds. The first-order valence-corrected chi connectivity index (χ1v) is 12.5. The van der Waals surface area contributed by atoms with E-state index in [1.807, 2.05) is 45.0 Å². The average Bonchev–Trinajstić information content (AvgIpc) is 3.39. The van der Waals surface area contributed by atoms with Crippen molar-refractivity contribution < 1.29 is 23.5 Å². The van der Waals surface area contributed by atoms with Gasteiger partial charge in [-0.2, -0.15) is 0 Å². The Hall–Kier alpha value is -3.59. The molecule has 0 aliphatic carbocycles. The van der Waals surface area contributed by atoms with Gasteiger partial charge in [0, 0.05) is 44.5 Å². The maximum absolute atomic E-state index is 13.3. The summed E-state index contributed by atoms with van der Waals surface area (Å²) in [6.07, 6.45) is 1.50. The normalized spacial score (nSPS) is 20.9. The van der Waals surface area contributed by atoms with Gasteiger partial charge < -0.3 is 19.4 Å². The monoisotopic (exact) mass is 494 g/mol. The SMILES string of the molecule is CCOC(=O)C1=C(CN2CCN(C(=O)c3ccco3)C(C)C2)N(CC)C(=O)NC1c1ccc(C)cc1. The zero-order chi connectivity index (χ0) is 25.8. The van der Waals surface area contributed by atoms with Crippen LogP contribution in [0.25, 0.3) is 0 Å².